The van der Waals surface area contributed by atoms with Crippen LogP contribution < -0.4 is 32.3 Å². The highest BCUT2D eigenvalue weighted by Gasteiger charge is 2.17. The van der Waals surface area contributed by atoms with Crippen LogP contribution in [0.1, 0.15) is 45.4 Å². The molecule has 9 heteroatoms. The van der Waals surface area contributed by atoms with E-state index >= 15 is 0 Å². The van der Waals surface area contributed by atoms with Gasteiger partial charge >= 0.3 is 0 Å². The molecule has 0 saturated heterocycles. The van der Waals surface area contributed by atoms with Gasteiger partial charge in [-0.25, -0.2) is 0 Å². The van der Waals surface area contributed by atoms with Crippen molar-refractivity contribution in [1.29, 1.82) is 0 Å². The number of nitrogens with one attached hydrogen (secondary N) is 5. The first kappa shape index (κ1) is 26.4. The monoisotopic (exact) mass is 400 g/mol. The van der Waals surface area contributed by atoms with E-state index in [0.29, 0.717) is 13.0 Å². The molecule has 0 radical (unpaired) electrons. The van der Waals surface area contributed by atoms with Gasteiger partial charge in [0.05, 0.1) is 12.6 Å². The number of hydrogen-bond acceptors (Lipinski definition) is 7. The number of unbranched alkanes of at least 4 members (excludes halogenated alkanes) is 1. The zero-order valence-electron chi connectivity index (χ0n) is 17.6. The molecule has 7 N–H and O–H groups in total. The molecule has 164 valence electrons. The van der Waals surface area contributed by atoms with Gasteiger partial charge in [-0.2, -0.15) is 0 Å². The second-order valence-electron chi connectivity index (χ2n) is 6.85. The third-order valence-corrected chi connectivity index (χ3v) is 4.20. The number of nitrogens with two attached hydrogens (primary N) is 1. The molecule has 0 aliphatic rings. The van der Waals surface area contributed by atoms with Crippen molar-refractivity contribution in [3.05, 3.63) is 0 Å². The first-order chi connectivity index (χ1) is 13.5. The molecular weight excluding hydrogens is 360 g/mol. The summed E-state index contributed by atoms with van der Waals surface area (Å²) in [4.78, 5) is 34.7. The maximum absolute atomic E-state index is 11.9. The molecule has 0 aromatic carbocycles. The highest BCUT2D eigenvalue weighted by molar-refractivity contribution is 5.87. The van der Waals surface area contributed by atoms with Crippen LogP contribution in [0.25, 0.3) is 0 Å². The summed E-state index contributed by atoms with van der Waals surface area (Å²) < 4.78 is 0. The lowest BCUT2D eigenvalue weighted by Crippen LogP contribution is -2.44. The molecule has 1 unspecified atom stereocenters. The van der Waals surface area contributed by atoms with Crippen molar-refractivity contribution in [1.82, 2.24) is 26.6 Å². The van der Waals surface area contributed by atoms with Crippen molar-refractivity contribution < 1.29 is 14.4 Å². The van der Waals surface area contributed by atoms with Crippen LogP contribution in [0.5, 0.6) is 0 Å². The van der Waals surface area contributed by atoms with E-state index in [2.05, 4.69) is 26.6 Å². The summed E-state index contributed by atoms with van der Waals surface area (Å²) in [6, 6.07) is -0.475. The number of hydrogen-bond donors (Lipinski definition) is 6. The molecule has 0 rings (SSSR count). The fourth-order valence-corrected chi connectivity index (χ4v) is 2.52. The van der Waals surface area contributed by atoms with E-state index in [9.17, 15) is 14.4 Å². The molecule has 0 aromatic heterocycles. The van der Waals surface area contributed by atoms with Gasteiger partial charge in [-0.1, -0.05) is 0 Å². The van der Waals surface area contributed by atoms with E-state index in [4.69, 9.17) is 5.73 Å². The SMILES string of the molecule is CNC(CCC(=O)NCCCNCCCCNCCCN)C(=O)NCC(C)=O. The lowest BCUT2D eigenvalue weighted by molar-refractivity contribution is -0.126. The van der Waals surface area contributed by atoms with E-state index in [-0.39, 0.29) is 30.6 Å². The number of ketones is 1. The summed E-state index contributed by atoms with van der Waals surface area (Å²) in [6.07, 6.45) is 4.81. The van der Waals surface area contributed by atoms with E-state index in [0.717, 1.165) is 58.4 Å². The van der Waals surface area contributed by atoms with Gasteiger partial charge in [0.1, 0.15) is 5.78 Å². The Balaban J connectivity index is 3.56. The molecule has 0 bridgehead atoms. The zero-order valence-corrected chi connectivity index (χ0v) is 17.6. The Morgan fingerprint density at radius 3 is 2.04 bits per heavy atom. The summed E-state index contributed by atoms with van der Waals surface area (Å²) in [6.45, 7) is 6.64. The smallest absolute Gasteiger partial charge is 0.237 e. The second-order valence-corrected chi connectivity index (χ2v) is 6.85. The van der Waals surface area contributed by atoms with Crippen molar-refractivity contribution in [3.63, 3.8) is 0 Å². The summed E-state index contributed by atoms with van der Waals surface area (Å²) in [7, 11) is 1.66. The third-order valence-electron chi connectivity index (χ3n) is 4.20. The molecular formula is C19H40N6O3. The van der Waals surface area contributed by atoms with Crippen molar-refractivity contribution in [3.8, 4) is 0 Å². The van der Waals surface area contributed by atoms with Gasteiger partial charge in [0.15, 0.2) is 0 Å². The maximum atomic E-state index is 11.9. The summed E-state index contributed by atoms with van der Waals surface area (Å²) >= 11 is 0. The van der Waals surface area contributed by atoms with Gasteiger partial charge in [-0.15, -0.1) is 0 Å². The minimum absolute atomic E-state index is 0.0149. The van der Waals surface area contributed by atoms with E-state index < -0.39 is 6.04 Å². The standard InChI is InChI=1S/C19H40N6O3/c1-16(26)15-25-19(28)17(21-2)7-8-18(27)24-14-6-13-23-11-4-3-10-22-12-5-9-20/h17,21-23H,3-15,20H2,1-2H3,(H,24,27)(H,25,28). The highest BCUT2D eigenvalue weighted by Crippen LogP contribution is 1.97. The molecule has 9 nitrogen and oxygen atoms in total. The summed E-state index contributed by atoms with van der Waals surface area (Å²) in [5, 5.41) is 15.0. The zero-order chi connectivity index (χ0) is 21.0. The number of rotatable bonds is 19. The molecule has 0 heterocycles. The molecule has 1 atom stereocenters. The normalized spacial score (nSPS) is 11.8. The van der Waals surface area contributed by atoms with Gasteiger partial charge < -0.3 is 32.3 Å². The Kier molecular flexibility index (Phi) is 17.8. The molecule has 0 fully saturated rings. The minimum Gasteiger partial charge on any atom is -0.356 e. The average Bonchev–Trinajstić information content (AvgIpc) is 2.67. The maximum Gasteiger partial charge on any atom is 0.237 e. The Bertz CT molecular complexity index is 434. The largest absolute Gasteiger partial charge is 0.356 e. The lowest BCUT2D eigenvalue weighted by Gasteiger charge is -2.15. The molecule has 2 amide bonds. The molecule has 28 heavy (non-hydrogen) atoms. The van der Waals surface area contributed by atoms with Crippen LogP contribution in [0.4, 0.5) is 0 Å². The minimum atomic E-state index is -0.475. The topological polar surface area (TPSA) is 137 Å². The number of carbonyl (C=O) groups is 3. The van der Waals surface area contributed by atoms with Crippen LogP contribution in [0.3, 0.4) is 0 Å². The average molecular weight is 401 g/mol. The van der Waals surface area contributed by atoms with Crippen LogP contribution >= 0.6 is 0 Å². The summed E-state index contributed by atoms with van der Waals surface area (Å²) in [5.74, 6) is -0.429. The van der Waals surface area contributed by atoms with Gasteiger partial charge in [0.25, 0.3) is 0 Å². The predicted octanol–water partition coefficient (Wildman–Crippen LogP) is -1.13. The van der Waals surface area contributed by atoms with Gasteiger partial charge in [0, 0.05) is 13.0 Å². The molecule has 0 spiro atoms. The van der Waals surface area contributed by atoms with Crippen molar-refractivity contribution in [2.45, 2.75) is 51.5 Å². The first-order valence-corrected chi connectivity index (χ1v) is 10.3. The summed E-state index contributed by atoms with van der Waals surface area (Å²) in [5.41, 5.74) is 5.43. The second kappa shape index (κ2) is 18.8. The molecule has 0 saturated carbocycles. The Morgan fingerprint density at radius 1 is 0.857 bits per heavy atom. The lowest BCUT2D eigenvalue weighted by atomic mass is 10.1. The van der Waals surface area contributed by atoms with E-state index in [1.165, 1.54) is 6.92 Å². The highest BCUT2D eigenvalue weighted by atomic mass is 16.2. The third kappa shape index (κ3) is 16.6. The predicted molar refractivity (Wildman–Crippen MR) is 112 cm³/mol. The van der Waals surface area contributed by atoms with Gasteiger partial charge in [0.2, 0.25) is 11.8 Å². The van der Waals surface area contributed by atoms with Crippen molar-refractivity contribution in [2.75, 3.05) is 52.9 Å². The Labute approximate surface area is 169 Å². The molecule has 0 aliphatic heterocycles. The number of likely N-dealkylation sites (N-methyl/N-ethyl adjacent to an activating group) is 1. The number of carbonyl (C=O) groups excluding carboxylic acids is 3. The molecule has 0 aromatic rings. The van der Waals surface area contributed by atoms with Crippen LogP contribution in [0.15, 0.2) is 0 Å². The van der Waals surface area contributed by atoms with Crippen LogP contribution in [0.2, 0.25) is 0 Å². The van der Waals surface area contributed by atoms with Gasteiger partial charge in [-0.3, -0.25) is 14.4 Å². The number of amides is 2. The number of Topliss-reactive ketones (excluding diaryl/α,β-unsaturated/α-hetero) is 1. The fourth-order valence-electron chi connectivity index (χ4n) is 2.52. The van der Waals surface area contributed by atoms with Crippen molar-refractivity contribution in [2.24, 2.45) is 5.73 Å². The van der Waals surface area contributed by atoms with Crippen LogP contribution in [0, 0.1) is 0 Å². The van der Waals surface area contributed by atoms with Gasteiger partial charge in [-0.05, 0) is 78.8 Å². The Morgan fingerprint density at radius 2 is 1.46 bits per heavy atom. The van der Waals surface area contributed by atoms with Crippen LogP contribution in [-0.2, 0) is 14.4 Å². The quantitative estimate of drug-likeness (QED) is 0.151. The fraction of sp³-hybridized carbons (Fsp3) is 0.842. The van der Waals surface area contributed by atoms with Crippen molar-refractivity contribution >= 4 is 17.6 Å². The molecule has 0 aliphatic carbocycles. The van der Waals surface area contributed by atoms with Crippen LogP contribution in [-0.4, -0.2) is 76.5 Å². The van der Waals surface area contributed by atoms with E-state index in [1.807, 2.05) is 0 Å². The Hall–Kier alpha value is -1.55. The first-order valence-electron chi connectivity index (χ1n) is 10.3. The van der Waals surface area contributed by atoms with E-state index in [1.54, 1.807) is 7.05 Å².